The number of hydrogen-bond acceptors (Lipinski definition) is 8. The Morgan fingerprint density at radius 3 is 2.32 bits per heavy atom. The van der Waals surface area contributed by atoms with Gasteiger partial charge in [0.05, 0.1) is 11.9 Å². The molecule has 0 aliphatic carbocycles. The van der Waals surface area contributed by atoms with Crippen molar-refractivity contribution in [2.45, 2.75) is 6.42 Å². The van der Waals surface area contributed by atoms with Crippen LogP contribution in [0.4, 0.5) is 5.95 Å². The fraction of sp³-hybridized carbons (Fsp3) is 0.240. The molecule has 1 fully saturated rings. The van der Waals surface area contributed by atoms with Gasteiger partial charge in [-0.15, -0.1) is 0 Å². The van der Waals surface area contributed by atoms with Crippen molar-refractivity contribution in [2.75, 3.05) is 31.1 Å². The number of hydrogen-bond donors (Lipinski definition) is 2. The molecular formula is C25H29N9. The number of aromatic nitrogens is 4. The van der Waals surface area contributed by atoms with Crippen LogP contribution in [-0.4, -0.2) is 55.8 Å². The lowest BCUT2D eigenvalue weighted by Gasteiger charge is -2.37. The topological polar surface area (TPSA) is 105 Å². The van der Waals surface area contributed by atoms with Gasteiger partial charge < -0.3 is 15.5 Å². The van der Waals surface area contributed by atoms with E-state index in [9.17, 15) is 0 Å². The summed E-state index contributed by atoms with van der Waals surface area (Å²) in [6.07, 6.45) is 14.3. The van der Waals surface area contributed by atoms with Gasteiger partial charge in [-0.25, -0.2) is 15.8 Å². The largest absolute Gasteiger partial charge is 0.384 e. The highest BCUT2D eigenvalue weighted by molar-refractivity contribution is 5.75. The number of benzene rings is 1. The van der Waals surface area contributed by atoms with Gasteiger partial charge in [0.2, 0.25) is 5.95 Å². The third-order valence-corrected chi connectivity index (χ3v) is 6.12. The van der Waals surface area contributed by atoms with Crippen molar-refractivity contribution in [3.63, 3.8) is 0 Å². The van der Waals surface area contributed by atoms with Gasteiger partial charge in [0.15, 0.2) is 0 Å². The second-order valence-corrected chi connectivity index (χ2v) is 8.53. The van der Waals surface area contributed by atoms with Gasteiger partial charge in [0.25, 0.3) is 0 Å². The number of allylic oxidation sites excluding steroid dienone is 3. The highest BCUT2D eigenvalue weighted by Crippen LogP contribution is 2.24. The minimum Gasteiger partial charge on any atom is -0.384 e. The first-order valence-corrected chi connectivity index (χ1v) is 11.3. The van der Waals surface area contributed by atoms with E-state index in [0.29, 0.717) is 5.82 Å². The lowest BCUT2D eigenvalue weighted by atomic mass is 10.1. The maximum Gasteiger partial charge on any atom is 0.225 e. The number of hydrazine groups is 1. The summed E-state index contributed by atoms with van der Waals surface area (Å²) < 4.78 is 1.77. The van der Waals surface area contributed by atoms with E-state index in [1.807, 2.05) is 68.4 Å². The third-order valence-electron chi connectivity index (χ3n) is 6.12. The van der Waals surface area contributed by atoms with Crippen LogP contribution in [0.5, 0.6) is 0 Å². The second kappa shape index (κ2) is 9.40. The van der Waals surface area contributed by atoms with Crippen LogP contribution < -0.4 is 16.5 Å². The first-order valence-electron chi connectivity index (χ1n) is 11.3. The van der Waals surface area contributed by atoms with Crippen molar-refractivity contribution < 1.29 is 0 Å². The van der Waals surface area contributed by atoms with E-state index < -0.39 is 0 Å². The van der Waals surface area contributed by atoms with Crippen LogP contribution >= 0.6 is 0 Å². The summed E-state index contributed by atoms with van der Waals surface area (Å²) in [4.78, 5) is 13.6. The van der Waals surface area contributed by atoms with Crippen LogP contribution in [0.15, 0.2) is 85.0 Å². The standard InChI is InChI=1S/C25H29N9/c1-31-17-22(16-30-31)21-7-8-23(34(27)18-21)24(26)32-9-11-33(12-10-32)25-28-14-20(15-29-25)13-19-5-3-2-4-6-19/h2-8,14-18H,9-13,26-27H2,1H3/b24-23+. The molecule has 2 aliphatic rings. The molecule has 4 heterocycles. The van der Waals surface area contributed by atoms with Crippen molar-refractivity contribution in [1.29, 1.82) is 0 Å². The summed E-state index contributed by atoms with van der Waals surface area (Å²) >= 11 is 0. The molecule has 0 atom stereocenters. The SMILES string of the molecule is Cn1cc(C2=CN(N)/C(=C(\N)N3CCN(c4ncc(Cc5ccccc5)cn4)CC3)C=C2)cn1. The van der Waals surface area contributed by atoms with E-state index in [4.69, 9.17) is 11.6 Å². The first kappa shape index (κ1) is 21.7. The van der Waals surface area contributed by atoms with Gasteiger partial charge in [-0.1, -0.05) is 36.4 Å². The molecule has 0 saturated carbocycles. The number of aryl methyl sites for hydroxylation is 1. The Morgan fingerprint density at radius 2 is 1.68 bits per heavy atom. The second-order valence-electron chi connectivity index (χ2n) is 8.53. The zero-order valence-corrected chi connectivity index (χ0v) is 19.2. The van der Waals surface area contributed by atoms with Crippen molar-refractivity contribution >= 4 is 11.5 Å². The van der Waals surface area contributed by atoms with E-state index in [1.54, 1.807) is 9.69 Å². The molecule has 4 N–H and O–H groups in total. The Morgan fingerprint density at radius 1 is 0.941 bits per heavy atom. The van der Waals surface area contributed by atoms with Crippen molar-refractivity contribution in [2.24, 2.45) is 18.6 Å². The molecule has 9 heteroatoms. The monoisotopic (exact) mass is 455 g/mol. The molecule has 3 aromatic rings. The van der Waals surface area contributed by atoms with Crippen LogP contribution in [0.2, 0.25) is 0 Å². The molecule has 0 radical (unpaired) electrons. The summed E-state index contributed by atoms with van der Waals surface area (Å²) in [6, 6.07) is 10.4. The summed E-state index contributed by atoms with van der Waals surface area (Å²) in [5.74, 6) is 7.71. The van der Waals surface area contributed by atoms with E-state index in [0.717, 1.165) is 60.9 Å². The normalized spacial score (nSPS) is 17.7. The molecule has 1 saturated heterocycles. The Labute approximate surface area is 199 Å². The molecule has 9 nitrogen and oxygen atoms in total. The fourth-order valence-electron chi connectivity index (χ4n) is 4.22. The zero-order chi connectivity index (χ0) is 23.5. The summed E-state index contributed by atoms with van der Waals surface area (Å²) in [5.41, 5.74) is 11.7. The number of piperazine rings is 1. The molecule has 2 aliphatic heterocycles. The smallest absolute Gasteiger partial charge is 0.225 e. The van der Waals surface area contributed by atoms with Crippen molar-refractivity contribution in [3.05, 3.63) is 102 Å². The molecular weight excluding hydrogens is 426 g/mol. The molecule has 0 spiro atoms. The van der Waals surface area contributed by atoms with Gasteiger partial charge in [-0.05, 0) is 17.2 Å². The van der Waals surface area contributed by atoms with Gasteiger partial charge >= 0.3 is 0 Å². The summed E-state index contributed by atoms with van der Waals surface area (Å²) in [6.45, 7) is 3.12. The predicted molar refractivity (Wildman–Crippen MR) is 133 cm³/mol. The van der Waals surface area contributed by atoms with Gasteiger partial charge in [0.1, 0.15) is 5.82 Å². The van der Waals surface area contributed by atoms with Gasteiger partial charge in [-0.3, -0.25) is 9.69 Å². The predicted octanol–water partition coefficient (Wildman–Crippen LogP) is 1.84. The third kappa shape index (κ3) is 4.65. The Balaban J connectivity index is 1.20. The quantitative estimate of drug-likeness (QED) is 0.562. The van der Waals surface area contributed by atoms with Crippen LogP contribution in [0.1, 0.15) is 16.7 Å². The molecule has 5 rings (SSSR count). The Bertz CT molecular complexity index is 1220. The lowest BCUT2D eigenvalue weighted by Crippen LogP contribution is -2.49. The number of nitrogens with zero attached hydrogens (tertiary/aromatic N) is 7. The number of nitrogens with two attached hydrogens (primary N) is 2. The summed E-state index contributed by atoms with van der Waals surface area (Å²) in [7, 11) is 1.89. The van der Waals surface area contributed by atoms with E-state index in [1.165, 1.54) is 5.56 Å². The van der Waals surface area contributed by atoms with Crippen molar-refractivity contribution in [1.82, 2.24) is 29.7 Å². The molecule has 0 bridgehead atoms. The van der Waals surface area contributed by atoms with Crippen LogP contribution in [0.3, 0.4) is 0 Å². The van der Waals surface area contributed by atoms with Crippen LogP contribution in [0, 0.1) is 0 Å². The van der Waals surface area contributed by atoms with Crippen LogP contribution in [0.25, 0.3) is 5.57 Å². The molecule has 2 aromatic heterocycles. The minimum atomic E-state index is 0.666. The maximum atomic E-state index is 6.52. The Kier molecular flexibility index (Phi) is 6.01. The average Bonchev–Trinajstić information content (AvgIpc) is 3.31. The number of anilines is 1. The zero-order valence-electron chi connectivity index (χ0n) is 19.2. The lowest BCUT2D eigenvalue weighted by molar-refractivity contribution is 0.303. The van der Waals surface area contributed by atoms with E-state index in [2.05, 4.69) is 37.0 Å². The first-order chi connectivity index (χ1) is 16.6. The average molecular weight is 456 g/mol. The van der Waals surface area contributed by atoms with Crippen molar-refractivity contribution in [3.8, 4) is 0 Å². The highest BCUT2D eigenvalue weighted by Gasteiger charge is 2.23. The minimum absolute atomic E-state index is 0.666. The van der Waals surface area contributed by atoms with E-state index in [-0.39, 0.29) is 0 Å². The summed E-state index contributed by atoms with van der Waals surface area (Å²) in [5, 5.41) is 5.80. The molecule has 0 amide bonds. The number of rotatable bonds is 5. The molecule has 174 valence electrons. The highest BCUT2D eigenvalue weighted by atomic mass is 15.4. The molecule has 0 unspecified atom stereocenters. The van der Waals surface area contributed by atoms with Crippen LogP contribution in [-0.2, 0) is 13.5 Å². The van der Waals surface area contributed by atoms with Gasteiger partial charge in [-0.2, -0.15) is 5.10 Å². The van der Waals surface area contributed by atoms with E-state index >= 15 is 0 Å². The molecule has 34 heavy (non-hydrogen) atoms. The molecule has 1 aromatic carbocycles. The van der Waals surface area contributed by atoms with Gasteiger partial charge in [0, 0.05) is 75.6 Å². The Hall–Kier alpha value is -4.11. The maximum absolute atomic E-state index is 6.52. The fourth-order valence-corrected chi connectivity index (χ4v) is 4.22.